The van der Waals surface area contributed by atoms with Crippen molar-refractivity contribution in [2.75, 3.05) is 5.32 Å². The molecule has 1 atom stereocenters. The lowest BCUT2D eigenvalue weighted by Crippen LogP contribution is -2.28. The van der Waals surface area contributed by atoms with E-state index in [0.29, 0.717) is 11.3 Å². The van der Waals surface area contributed by atoms with E-state index >= 15 is 0 Å². The van der Waals surface area contributed by atoms with Gasteiger partial charge >= 0.3 is 6.03 Å². The van der Waals surface area contributed by atoms with Crippen LogP contribution in [0.4, 0.5) is 10.5 Å². The van der Waals surface area contributed by atoms with E-state index in [1.54, 1.807) is 24.3 Å². The molecule has 120 valence electrons. The molecule has 0 saturated carbocycles. The van der Waals surface area contributed by atoms with E-state index in [-0.39, 0.29) is 11.9 Å². The van der Waals surface area contributed by atoms with Gasteiger partial charge in [0.15, 0.2) is 0 Å². The lowest BCUT2D eigenvalue weighted by Gasteiger charge is -2.18. The van der Waals surface area contributed by atoms with E-state index in [1.807, 2.05) is 38.1 Å². The molecule has 0 aliphatic rings. The highest BCUT2D eigenvalue weighted by atomic mass is 16.2. The summed E-state index contributed by atoms with van der Waals surface area (Å²) in [6, 6.07) is 14.1. The third kappa shape index (κ3) is 4.57. The minimum atomic E-state index is -0.659. The Bertz CT molecular complexity index is 696. The third-order valence-electron chi connectivity index (χ3n) is 3.59. The number of nitrogens with two attached hydrogens (primary N) is 1. The van der Waals surface area contributed by atoms with Crippen molar-refractivity contribution in [3.8, 4) is 0 Å². The molecule has 23 heavy (non-hydrogen) atoms. The Kier molecular flexibility index (Phi) is 5.36. The molecule has 2 aromatic rings. The van der Waals surface area contributed by atoms with Gasteiger partial charge in [0, 0.05) is 11.3 Å². The second-order valence-electron chi connectivity index (χ2n) is 5.42. The predicted molar refractivity (Wildman–Crippen MR) is 91.3 cm³/mol. The summed E-state index contributed by atoms with van der Waals surface area (Å²) in [5.41, 5.74) is 8.31. The van der Waals surface area contributed by atoms with Crippen molar-refractivity contribution in [2.24, 2.45) is 5.73 Å². The standard InChI is InChI=1S/C18H21N3O2/c1-3-16(13-9-7-12(2)8-10-13)21-17(22)14-5-4-6-15(11-14)20-18(19)23/h4-11,16H,3H2,1-2H3,(H,21,22)(H3,19,20,23)/t16-/m1/s1. The topological polar surface area (TPSA) is 84.2 Å². The molecular weight excluding hydrogens is 290 g/mol. The smallest absolute Gasteiger partial charge is 0.316 e. The molecule has 5 heteroatoms. The van der Waals surface area contributed by atoms with E-state index in [2.05, 4.69) is 10.6 Å². The maximum absolute atomic E-state index is 12.4. The molecule has 0 saturated heterocycles. The van der Waals surface area contributed by atoms with Gasteiger partial charge in [0.1, 0.15) is 0 Å². The maximum Gasteiger partial charge on any atom is 0.316 e. The number of carbonyl (C=O) groups is 2. The summed E-state index contributed by atoms with van der Waals surface area (Å²) < 4.78 is 0. The normalized spacial score (nSPS) is 11.6. The van der Waals surface area contributed by atoms with Crippen LogP contribution >= 0.6 is 0 Å². The first-order chi connectivity index (χ1) is 11.0. The highest BCUT2D eigenvalue weighted by molar-refractivity contribution is 5.96. The largest absolute Gasteiger partial charge is 0.351 e. The van der Waals surface area contributed by atoms with Gasteiger partial charge in [-0.25, -0.2) is 4.79 Å². The van der Waals surface area contributed by atoms with Crippen LogP contribution in [0.25, 0.3) is 0 Å². The van der Waals surface area contributed by atoms with Crippen LogP contribution in [-0.4, -0.2) is 11.9 Å². The number of primary amides is 1. The van der Waals surface area contributed by atoms with Gasteiger partial charge in [0.25, 0.3) is 5.91 Å². The molecule has 0 aliphatic carbocycles. The SMILES string of the molecule is CC[C@@H](NC(=O)c1cccc(NC(N)=O)c1)c1ccc(C)cc1. The van der Waals surface area contributed by atoms with Crippen molar-refractivity contribution < 1.29 is 9.59 Å². The molecule has 0 fully saturated rings. The van der Waals surface area contributed by atoms with Gasteiger partial charge in [-0.05, 0) is 37.1 Å². The van der Waals surface area contributed by atoms with Crippen LogP contribution in [-0.2, 0) is 0 Å². The third-order valence-corrected chi connectivity index (χ3v) is 3.59. The van der Waals surface area contributed by atoms with Crippen molar-refractivity contribution in [3.63, 3.8) is 0 Å². The molecule has 0 radical (unpaired) electrons. The lowest BCUT2D eigenvalue weighted by atomic mass is 10.0. The van der Waals surface area contributed by atoms with Crippen molar-refractivity contribution in [1.82, 2.24) is 5.32 Å². The number of amides is 3. The molecular formula is C18H21N3O2. The van der Waals surface area contributed by atoms with Gasteiger partial charge in [0.2, 0.25) is 0 Å². The average molecular weight is 311 g/mol. The zero-order chi connectivity index (χ0) is 16.8. The van der Waals surface area contributed by atoms with E-state index < -0.39 is 6.03 Å². The Hall–Kier alpha value is -2.82. The summed E-state index contributed by atoms with van der Waals surface area (Å²) >= 11 is 0. The number of anilines is 1. The zero-order valence-electron chi connectivity index (χ0n) is 13.3. The number of urea groups is 1. The van der Waals surface area contributed by atoms with Gasteiger partial charge in [-0.3, -0.25) is 4.79 Å². The highest BCUT2D eigenvalue weighted by Gasteiger charge is 2.14. The fraction of sp³-hybridized carbons (Fsp3) is 0.222. The maximum atomic E-state index is 12.4. The van der Waals surface area contributed by atoms with E-state index in [1.165, 1.54) is 5.56 Å². The lowest BCUT2D eigenvalue weighted by molar-refractivity contribution is 0.0935. The minimum Gasteiger partial charge on any atom is -0.351 e. The molecule has 0 heterocycles. The summed E-state index contributed by atoms with van der Waals surface area (Å²) in [7, 11) is 0. The minimum absolute atomic E-state index is 0.0594. The number of carbonyl (C=O) groups excluding carboxylic acids is 2. The van der Waals surface area contributed by atoms with Crippen molar-refractivity contribution in [1.29, 1.82) is 0 Å². The monoisotopic (exact) mass is 311 g/mol. The van der Waals surface area contributed by atoms with Crippen LogP contribution < -0.4 is 16.4 Å². The molecule has 2 rings (SSSR count). The van der Waals surface area contributed by atoms with E-state index in [4.69, 9.17) is 5.73 Å². The average Bonchev–Trinajstić information content (AvgIpc) is 2.53. The van der Waals surface area contributed by atoms with E-state index in [0.717, 1.165) is 12.0 Å². The predicted octanol–water partition coefficient (Wildman–Crippen LogP) is 3.37. The number of benzene rings is 2. The molecule has 4 N–H and O–H groups in total. The molecule has 0 bridgehead atoms. The fourth-order valence-electron chi connectivity index (χ4n) is 2.34. The highest BCUT2D eigenvalue weighted by Crippen LogP contribution is 2.18. The summed E-state index contributed by atoms with van der Waals surface area (Å²) in [6.07, 6.45) is 0.786. The van der Waals surface area contributed by atoms with Crippen molar-refractivity contribution in [3.05, 3.63) is 65.2 Å². The van der Waals surface area contributed by atoms with Crippen LogP contribution in [0.1, 0.15) is 40.9 Å². The molecule has 2 aromatic carbocycles. The molecule has 0 spiro atoms. The van der Waals surface area contributed by atoms with Gasteiger partial charge < -0.3 is 16.4 Å². The number of aryl methyl sites for hydroxylation is 1. The quantitative estimate of drug-likeness (QED) is 0.791. The number of hydrogen-bond donors (Lipinski definition) is 3. The number of hydrogen-bond acceptors (Lipinski definition) is 2. The molecule has 0 unspecified atom stereocenters. The summed E-state index contributed by atoms with van der Waals surface area (Å²) in [5, 5.41) is 5.48. The summed E-state index contributed by atoms with van der Waals surface area (Å²) in [5.74, 6) is -0.189. The van der Waals surface area contributed by atoms with Gasteiger partial charge in [-0.1, -0.05) is 42.8 Å². The van der Waals surface area contributed by atoms with Gasteiger partial charge in [-0.2, -0.15) is 0 Å². The Morgan fingerprint density at radius 1 is 1.13 bits per heavy atom. The summed E-state index contributed by atoms with van der Waals surface area (Å²) in [4.78, 5) is 23.3. The fourth-order valence-corrected chi connectivity index (χ4v) is 2.34. The van der Waals surface area contributed by atoms with Gasteiger partial charge in [-0.15, -0.1) is 0 Å². The molecule has 3 amide bonds. The Morgan fingerprint density at radius 3 is 2.43 bits per heavy atom. The first-order valence-corrected chi connectivity index (χ1v) is 7.53. The van der Waals surface area contributed by atoms with Crippen molar-refractivity contribution in [2.45, 2.75) is 26.3 Å². The Morgan fingerprint density at radius 2 is 1.83 bits per heavy atom. The Labute approximate surface area is 135 Å². The van der Waals surface area contributed by atoms with Crippen LogP contribution in [0.2, 0.25) is 0 Å². The van der Waals surface area contributed by atoms with Gasteiger partial charge in [0.05, 0.1) is 6.04 Å². The first-order valence-electron chi connectivity index (χ1n) is 7.53. The van der Waals surface area contributed by atoms with Crippen LogP contribution in [0, 0.1) is 6.92 Å². The van der Waals surface area contributed by atoms with E-state index in [9.17, 15) is 9.59 Å². The second kappa shape index (κ2) is 7.45. The van der Waals surface area contributed by atoms with Crippen LogP contribution in [0.5, 0.6) is 0 Å². The molecule has 0 aromatic heterocycles. The first kappa shape index (κ1) is 16.5. The number of rotatable bonds is 5. The zero-order valence-corrected chi connectivity index (χ0v) is 13.3. The second-order valence-corrected chi connectivity index (χ2v) is 5.42. The number of nitrogens with one attached hydrogen (secondary N) is 2. The van der Waals surface area contributed by atoms with Crippen molar-refractivity contribution >= 4 is 17.6 Å². The molecule has 5 nitrogen and oxygen atoms in total. The van der Waals surface area contributed by atoms with Crippen LogP contribution in [0.15, 0.2) is 48.5 Å². The summed E-state index contributed by atoms with van der Waals surface area (Å²) in [6.45, 7) is 4.05. The van der Waals surface area contributed by atoms with Crippen LogP contribution in [0.3, 0.4) is 0 Å². The molecule has 0 aliphatic heterocycles. The Balaban J connectivity index is 2.13.